The van der Waals surface area contributed by atoms with Crippen LogP contribution in [0.2, 0.25) is 0 Å². The molecule has 0 atom stereocenters. The lowest BCUT2D eigenvalue weighted by Crippen LogP contribution is -2.09. The molecule has 0 aliphatic heterocycles. The molecule has 0 unspecified atom stereocenters. The summed E-state index contributed by atoms with van der Waals surface area (Å²) in [4.78, 5) is 12.7. The lowest BCUT2D eigenvalue weighted by molar-refractivity contribution is -0.136. The second-order valence-corrected chi connectivity index (χ2v) is 4.68. The highest BCUT2D eigenvalue weighted by molar-refractivity contribution is 5.78. The molecule has 0 saturated carbocycles. The fourth-order valence-corrected chi connectivity index (χ4v) is 2.08. The van der Waals surface area contributed by atoms with E-state index >= 15 is 0 Å². The number of hydrogen-bond donors (Lipinski definition) is 1. The van der Waals surface area contributed by atoms with Crippen LogP contribution in [0.1, 0.15) is 5.56 Å². The van der Waals surface area contributed by atoms with Gasteiger partial charge in [-0.3, -0.25) is 4.79 Å². The van der Waals surface area contributed by atoms with Crippen molar-refractivity contribution in [2.75, 3.05) is 19.0 Å². The molecular formula is C16H17NO2. The number of aliphatic carboxylic acids is 1. The highest BCUT2D eigenvalue weighted by atomic mass is 16.4. The van der Waals surface area contributed by atoms with E-state index in [4.69, 9.17) is 5.11 Å². The van der Waals surface area contributed by atoms with Crippen LogP contribution in [0.25, 0.3) is 11.1 Å². The Balaban J connectivity index is 2.35. The van der Waals surface area contributed by atoms with E-state index in [1.807, 2.05) is 50.5 Å². The summed E-state index contributed by atoms with van der Waals surface area (Å²) < 4.78 is 0. The molecule has 0 spiro atoms. The van der Waals surface area contributed by atoms with Crippen LogP contribution < -0.4 is 4.90 Å². The molecule has 19 heavy (non-hydrogen) atoms. The van der Waals surface area contributed by atoms with Gasteiger partial charge in [-0.25, -0.2) is 0 Å². The third-order valence-corrected chi connectivity index (χ3v) is 3.01. The quantitative estimate of drug-likeness (QED) is 0.912. The van der Waals surface area contributed by atoms with Crippen molar-refractivity contribution in [2.24, 2.45) is 0 Å². The maximum absolute atomic E-state index is 10.7. The van der Waals surface area contributed by atoms with Crippen LogP contribution in [0, 0.1) is 0 Å². The van der Waals surface area contributed by atoms with E-state index in [0.29, 0.717) is 0 Å². The third-order valence-electron chi connectivity index (χ3n) is 3.01. The molecule has 1 N–H and O–H groups in total. The zero-order valence-corrected chi connectivity index (χ0v) is 11.1. The van der Waals surface area contributed by atoms with E-state index in [1.165, 1.54) is 0 Å². The Bertz CT molecular complexity index is 574. The molecule has 3 nitrogen and oxygen atoms in total. The number of rotatable bonds is 4. The molecule has 0 radical (unpaired) electrons. The maximum Gasteiger partial charge on any atom is 0.307 e. The normalized spacial score (nSPS) is 10.2. The van der Waals surface area contributed by atoms with Crippen LogP contribution in [-0.4, -0.2) is 25.2 Å². The number of nitrogens with zero attached hydrogens (tertiary/aromatic N) is 1. The maximum atomic E-state index is 10.7. The molecule has 0 bridgehead atoms. The molecule has 2 rings (SSSR count). The Kier molecular flexibility index (Phi) is 3.85. The molecule has 0 aliphatic carbocycles. The topological polar surface area (TPSA) is 40.5 Å². The van der Waals surface area contributed by atoms with Gasteiger partial charge in [0.15, 0.2) is 0 Å². The van der Waals surface area contributed by atoms with Crippen LogP contribution >= 0.6 is 0 Å². The van der Waals surface area contributed by atoms with Crippen molar-refractivity contribution in [2.45, 2.75) is 6.42 Å². The summed E-state index contributed by atoms with van der Waals surface area (Å²) in [5, 5.41) is 8.76. The van der Waals surface area contributed by atoms with E-state index in [9.17, 15) is 4.79 Å². The second kappa shape index (κ2) is 5.57. The SMILES string of the molecule is CN(C)c1ccccc1-c1ccc(CC(=O)O)cc1. The fraction of sp³-hybridized carbons (Fsp3) is 0.188. The fourth-order valence-electron chi connectivity index (χ4n) is 2.08. The molecule has 98 valence electrons. The van der Waals surface area contributed by atoms with E-state index in [1.54, 1.807) is 0 Å². The van der Waals surface area contributed by atoms with Crippen molar-refractivity contribution in [1.82, 2.24) is 0 Å². The molecule has 0 fully saturated rings. The van der Waals surface area contributed by atoms with Crippen LogP contribution in [0.15, 0.2) is 48.5 Å². The predicted octanol–water partition coefficient (Wildman–Crippen LogP) is 3.05. The number of anilines is 1. The van der Waals surface area contributed by atoms with Gasteiger partial charge >= 0.3 is 5.97 Å². The van der Waals surface area contributed by atoms with Gasteiger partial charge in [-0.2, -0.15) is 0 Å². The van der Waals surface area contributed by atoms with E-state index in [0.717, 1.165) is 22.4 Å². The van der Waals surface area contributed by atoms with Crippen molar-refractivity contribution in [3.05, 3.63) is 54.1 Å². The summed E-state index contributed by atoms with van der Waals surface area (Å²) in [6.45, 7) is 0. The van der Waals surface area contributed by atoms with Crippen molar-refractivity contribution < 1.29 is 9.90 Å². The first-order chi connectivity index (χ1) is 9.08. The number of para-hydroxylation sites is 1. The molecule has 0 saturated heterocycles. The molecule has 3 heteroatoms. The minimum absolute atomic E-state index is 0.0651. The van der Waals surface area contributed by atoms with Gasteiger partial charge in [0, 0.05) is 25.3 Å². The Hall–Kier alpha value is -2.29. The zero-order valence-electron chi connectivity index (χ0n) is 11.1. The van der Waals surface area contributed by atoms with Gasteiger partial charge in [0.1, 0.15) is 0 Å². The summed E-state index contributed by atoms with van der Waals surface area (Å²) in [7, 11) is 4.02. The van der Waals surface area contributed by atoms with Crippen LogP contribution in [0.3, 0.4) is 0 Å². The number of carbonyl (C=O) groups is 1. The average Bonchev–Trinajstić information content (AvgIpc) is 2.39. The molecule has 2 aromatic carbocycles. The summed E-state index contributed by atoms with van der Waals surface area (Å²) in [6, 6.07) is 15.8. The first-order valence-electron chi connectivity index (χ1n) is 6.15. The van der Waals surface area contributed by atoms with Gasteiger partial charge in [-0.05, 0) is 17.2 Å². The first-order valence-corrected chi connectivity index (χ1v) is 6.15. The number of hydrogen-bond acceptors (Lipinski definition) is 2. The average molecular weight is 255 g/mol. The van der Waals surface area contributed by atoms with Gasteiger partial charge in [-0.1, -0.05) is 42.5 Å². The van der Waals surface area contributed by atoms with Gasteiger partial charge in [0.2, 0.25) is 0 Å². The third kappa shape index (κ3) is 3.13. The number of carboxylic acid groups (broad SMARTS) is 1. The zero-order chi connectivity index (χ0) is 13.8. The Labute approximate surface area is 113 Å². The standard InChI is InChI=1S/C16H17NO2/c1-17(2)15-6-4-3-5-14(15)13-9-7-12(8-10-13)11-16(18)19/h3-10H,11H2,1-2H3,(H,18,19). The van der Waals surface area contributed by atoms with Crippen LogP contribution in [0.5, 0.6) is 0 Å². The highest BCUT2D eigenvalue weighted by Crippen LogP contribution is 2.29. The molecule has 0 aromatic heterocycles. The summed E-state index contributed by atoms with van der Waals surface area (Å²) in [6.07, 6.45) is 0.0651. The Morgan fingerprint density at radius 2 is 1.68 bits per heavy atom. The molecule has 2 aromatic rings. The van der Waals surface area contributed by atoms with Gasteiger partial charge < -0.3 is 10.0 Å². The summed E-state index contributed by atoms with van der Waals surface area (Å²) in [5.74, 6) is -0.804. The van der Waals surface area contributed by atoms with Crippen molar-refractivity contribution >= 4 is 11.7 Å². The van der Waals surface area contributed by atoms with Crippen molar-refractivity contribution in [3.63, 3.8) is 0 Å². The monoisotopic (exact) mass is 255 g/mol. The van der Waals surface area contributed by atoms with E-state index in [2.05, 4.69) is 17.0 Å². The molecule has 0 amide bonds. The number of carboxylic acids is 1. The minimum Gasteiger partial charge on any atom is -0.481 e. The summed E-state index contributed by atoms with van der Waals surface area (Å²) >= 11 is 0. The van der Waals surface area contributed by atoms with E-state index in [-0.39, 0.29) is 6.42 Å². The lowest BCUT2D eigenvalue weighted by Gasteiger charge is -2.17. The molecular weight excluding hydrogens is 238 g/mol. The first kappa shape index (κ1) is 13.1. The summed E-state index contributed by atoms with van der Waals surface area (Å²) in [5.41, 5.74) is 4.21. The molecule has 0 heterocycles. The van der Waals surface area contributed by atoms with Crippen LogP contribution in [0.4, 0.5) is 5.69 Å². The second-order valence-electron chi connectivity index (χ2n) is 4.68. The minimum atomic E-state index is -0.804. The van der Waals surface area contributed by atoms with Crippen molar-refractivity contribution in [1.29, 1.82) is 0 Å². The predicted molar refractivity (Wildman–Crippen MR) is 77.5 cm³/mol. The largest absolute Gasteiger partial charge is 0.481 e. The Morgan fingerprint density at radius 1 is 1.05 bits per heavy atom. The van der Waals surface area contributed by atoms with Gasteiger partial charge in [0.25, 0.3) is 0 Å². The molecule has 0 aliphatic rings. The van der Waals surface area contributed by atoms with Crippen LogP contribution in [-0.2, 0) is 11.2 Å². The highest BCUT2D eigenvalue weighted by Gasteiger charge is 2.06. The van der Waals surface area contributed by atoms with Gasteiger partial charge in [0.05, 0.1) is 6.42 Å². The lowest BCUT2D eigenvalue weighted by atomic mass is 10.0. The van der Waals surface area contributed by atoms with Crippen molar-refractivity contribution in [3.8, 4) is 11.1 Å². The van der Waals surface area contributed by atoms with Gasteiger partial charge in [-0.15, -0.1) is 0 Å². The van der Waals surface area contributed by atoms with E-state index < -0.39 is 5.97 Å². The smallest absolute Gasteiger partial charge is 0.307 e. The number of benzene rings is 2. The Morgan fingerprint density at radius 3 is 2.26 bits per heavy atom.